The van der Waals surface area contributed by atoms with Crippen LogP contribution in [0, 0.1) is 13.8 Å². The minimum absolute atomic E-state index is 0.269. The van der Waals surface area contributed by atoms with E-state index in [0.29, 0.717) is 6.04 Å². The first-order valence-electron chi connectivity index (χ1n) is 6.49. The van der Waals surface area contributed by atoms with Crippen molar-refractivity contribution in [1.29, 1.82) is 0 Å². The van der Waals surface area contributed by atoms with Gasteiger partial charge in [0.15, 0.2) is 0 Å². The number of nitrogens with zero attached hydrogens (tertiary/aromatic N) is 2. The maximum atomic E-state index is 8.97. The molecule has 1 fully saturated rings. The van der Waals surface area contributed by atoms with Gasteiger partial charge < -0.3 is 9.63 Å². The van der Waals surface area contributed by atoms with Crippen LogP contribution < -0.4 is 0 Å². The van der Waals surface area contributed by atoms with Gasteiger partial charge in [0.1, 0.15) is 5.76 Å². The lowest BCUT2D eigenvalue weighted by Crippen LogP contribution is -2.40. The maximum absolute atomic E-state index is 8.97. The zero-order valence-corrected chi connectivity index (χ0v) is 10.8. The van der Waals surface area contributed by atoms with Crippen molar-refractivity contribution < 1.29 is 9.63 Å². The molecule has 0 radical (unpaired) electrons. The summed E-state index contributed by atoms with van der Waals surface area (Å²) in [7, 11) is 0. The third-order valence-electron chi connectivity index (χ3n) is 3.74. The number of hydrogen-bond acceptors (Lipinski definition) is 4. The molecule has 1 aliphatic rings. The van der Waals surface area contributed by atoms with E-state index in [9.17, 15) is 0 Å². The van der Waals surface area contributed by atoms with Crippen LogP contribution in [0.3, 0.4) is 0 Å². The van der Waals surface area contributed by atoms with Gasteiger partial charge in [-0.1, -0.05) is 11.6 Å². The van der Waals surface area contributed by atoms with E-state index < -0.39 is 0 Å². The van der Waals surface area contributed by atoms with Gasteiger partial charge in [0.05, 0.1) is 5.69 Å². The summed E-state index contributed by atoms with van der Waals surface area (Å²) in [6.07, 6.45) is 4.76. The summed E-state index contributed by atoms with van der Waals surface area (Å²) in [4.78, 5) is 2.46. The highest BCUT2D eigenvalue weighted by Gasteiger charge is 2.26. The molecule has 0 spiro atoms. The minimum atomic E-state index is 0.269. The molecule has 2 rings (SSSR count). The fourth-order valence-corrected chi connectivity index (χ4v) is 2.35. The number of aromatic nitrogens is 1. The van der Waals surface area contributed by atoms with Gasteiger partial charge in [-0.05, 0) is 33.1 Å². The first-order valence-corrected chi connectivity index (χ1v) is 6.49. The van der Waals surface area contributed by atoms with Gasteiger partial charge in [-0.25, -0.2) is 0 Å². The molecule has 0 unspecified atom stereocenters. The van der Waals surface area contributed by atoms with Crippen LogP contribution in [0.2, 0.25) is 0 Å². The van der Waals surface area contributed by atoms with E-state index in [1.165, 1.54) is 24.8 Å². The van der Waals surface area contributed by atoms with Gasteiger partial charge in [0.2, 0.25) is 0 Å². The Morgan fingerprint density at radius 2 is 2.18 bits per heavy atom. The second kappa shape index (κ2) is 5.65. The van der Waals surface area contributed by atoms with Crippen molar-refractivity contribution in [3.05, 3.63) is 17.0 Å². The molecule has 1 N–H and O–H groups in total. The lowest BCUT2D eigenvalue weighted by molar-refractivity contribution is 0.108. The van der Waals surface area contributed by atoms with E-state index in [1.807, 2.05) is 13.8 Å². The van der Waals surface area contributed by atoms with Crippen molar-refractivity contribution >= 4 is 0 Å². The molecule has 1 aromatic heterocycles. The van der Waals surface area contributed by atoms with Gasteiger partial charge in [-0.15, -0.1) is 0 Å². The summed E-state index contributed by atoms with van der Waals surface area (Å²) in [5.74, 6) is 0.927. The summed E-state index contributed by atoms with van der Waals surface area (Å²) in [5, 5.41) is 13.0. The van der Waals surface area contributed by atoms with E-state index in [1.54, 1.807) is 0 Å². The van der Waals surface area contributed by atoms with Gasteiger partial charge in [0, 0.05) is 31.3 Å². The highest BCUT2D eigenvalue weighted by atomic mass is 16.5. The molecular formula is C13H22N2O2. The van der Waals surface area contributed by atoms with Crippen LogP contribution in [0.25, 0.3) is 0 Å². The standard InChI is InChI=1S/C13H22N2O2/c1-10-13(11(2)17-14-10)9-15(7-4-8-16)12-5-3-6-12/h12,16H,3-9H2,1-2H3. The highest BCUT2D eigenvalue weighted by molar-refractivity contribution is 5.20. The second-order valence-corrected chi connectivity index (χ2v) is 4.94. The summed E-state index contributed by atoms with van der Waals surface area (Å²) >= 11 is 0. The molecule has 0 atom stereocenters. The van der Waals surface area contributed by atoms with Crippen LogP contribution in [0.15, 0.2) is 4.52 Å². The predicted molar refractivity (Wildman–Crippen MR) is 65.7 cm³/mol. The van der Waals surface area contributed by atoms with E-state index in [-0.39, 0.29) is 6.61 Å². The van der Waals surface area contributed by atoms with Crippen LogP contribution >= 0.6 is 0 Å². The Balaban J connectivity index is 2.00. The first kappa shape index (κ1) is 12.6. The smallest absolute Gasteiger partial charge is 0.138 e. The van der Waals surface area contributed by atoms with Crippen molar-refractivity contribution in [3.8, 4) is 0 Å². The zero-order chi connectivity index (χ0) is 12.3. The van der Waals surface area contributed by atoms with Gasteiger partial charge >= 0.3 is 0 Å². The van der Waals surface area contributed by atoms with Crippen LogP contribution in [0.4, 0.5) is 0 Å². The molecule has 1 saturated carbocycles. The number of aliphatic hydroxyl groups is 1. The first-order chi connectivity index (χ1) is 8.22. The van der Waals surface area contributed by atoms with E-state index in [0.717, 1.165) is 31.0 Å². The lowest BCUT2D eigenvalue weighted by atomic mass is 9.91. The molecule has 0 bridgehead atoms. The molecule has 17 heavy (non-hydrogen) atoms. The molecule has 0 amide bonds. The van der Waals surface area contributed by atoms with Crippen molar-refractivity contribution in [3.63, 3.8) is 0 Å². The summed E-state index contributed by atoms with van der Waals surface area (Å²) in [5.41, 5.74) is 2.21. The number of aryl methyl sites for hydroxylation is 2. The molecule has 1 aliphatic carbocycles. The van der Waals surface area contributed by atoms with E-state index in [4.69, 9.17) is 9.63 Å². The quantitative estimate of drug-likeness (QED) is 0.824. The Kier molecular flexibility index (Phi) is 4.18. The third-order valence-corrected chi connectivity index (χ3v) is 3.74. The molecule has 0 aliphatic heterocycles. The molecular weight excluding hydrogens is 216 g/mol. The average molecular weight is 238 g/mol. The largest absolute Gasteiger partial charge is 0.396 e. The minimum Gasteiger partial charge on any atom is -0.396 e. The van der Waals surface area contributed by atoms with Gasteiger partial charge in [0.25, 0.3) is 0 Å². The topological polar surface area (TPSA) is 49.5 Å². The molecule has 1 aromatic rings. The van der Waals surface area contributed by atoms with Crippen molar-refractivity contribution in [2.24, 2.45) is 0 Å². The van der Waals surface area contributed by atoms with Crippen molar-refractivity contribution in [2.45, 2.75) is 52.1 Å². The Morgan fingerprint density at radius 3 is 2.65 bits per heavy atom. The summed E-state index contributed by atoms with van der Waals surface area (Å²) in [6.45, 7) is 6.11. The number of rotatable bonds is 6. The Labute approximate surface area is 103 Å². The normalized spacial score (nSPS) is 16.5. The SMILES string of the molecule is Cc1noc(C)c1CN(CCCO)C1CCC1. The van der Waals surface area contributed by atoms with Gasteiger partial charge in [-0.3, -0.25) is 4.90 Å². The Bertz CT molecular complexity index is 339. The molecule has 1 heterocycles. The molecule has 4 nitrogen and oxygen atoms in total. The molecule has 4 heteroatoms. The van der Waals surface area contributed by atoms with Crippen molar-refractivity contribution in [2.75, 3.05) is 13.2 Å². The van der Waals surface area contributed by atoms with E-state index >= 15 is 0 Å². The fraction of sp³-hybridized carbons (Fsp3) is 0.769. The zero-order valence-electron chi connectivity index (χ0n) is 10.8. The fourth-order valence-electron chi connectivity index (χ4n) is 2.35. The Morgan fingerprint density at radius 1 is 1.41 bits per heavy atom. The molecule has 0 aromatic carbocycles. The third kappa shape index (κ3) is 2.87. The van der Waals surface area contributed by atoms with Crippen molar-refractivity contribution in [1.82, 2.24) is 10.1 Å². The van der Waals surface area contributed by atoms with Crippen LogP contribution in [0.1, 0.15) is 42.7 Å². The monoisotopic (exact) mass is 238 g/mol. The van der Waals surface area contributed by atoms with E-state index in [2.05, 4.69) is 10.1 Å². The summed E-state index contributed by atoms with van der Waals surface area (Å²) < 4.78 is 5.21. The average Bonchev–Trinajstić information content (AvgIpc) is 2.54. The molecule has 96 valence electrons. The van der Waals surface area contributed by atoms with Crippen LogP contribution in [0.5, 0.6) is 0 Å². The van der Waals surface area contributed by atoms with Gasteiger partial charge in [-0.2, -0.15) is 0 Å². The van der Waals surface area contributed by atoms with Crippen LogP contribution in [-0.4, -0.2) is 34.4 Å². The lowest BCUT2D eigenvalue weighted by Gasteiger charge is -2.37. The maximum Gasteiger partial charge on any atom is 0.138 e. The summed E-state index contributed by atoms with van der Waals surface area (Å²) in [6, 6.07) is 0.690. The molecule has 0 saturated heterocycles. The number of hydrogen-bond donors (Lipinski definition) is 1. The second-order valence-electron chi connectivity index (χ2n) is 4.94. The van der Waals surface area contributed by atoms with Crippen LogP contribution in [-0.2, 0) is 6.54 Å². The number of aliphatic hydroxyl groups excluding tert-OH is 1. The highest BCUT2D eigenvalue weighted by Crippen LogP contribution is 2.27. The predicted octanol–water partition coefficient (Wildman–Crippen LogP) is 2.03. The Hall–Kier alpha value is -0.870.